The first kappa shape index (κ1) is 16.5. The number of hydrogen-bond donors (Lipinski definition) is 1. The molecule has 2 aromatic heterocycles. The fourth-order valence-electron chi connectivity index (χ4n) is 3.07. The number of rotatable bonds is 4. The minimum absolute atomic E-state index is 0.0603. The first-order valence-electron chi connectivity index (χ1n) is 7.65. The van der Waals surface area contributed by atoms with E-state index in [1.54, 1.807) is 18.6 Å². The summed E-state index contributed by atoms with van der Waals surface area (Å²) in [6.07, 6.45) is 4.51. The Morgan fingerprint density at radius 1 is 1.38 bits per heavy atom. The molecule has 24 heavy (non-hydrogen) atoms. The summed E-state index contributed by atoms with van der Waals surface area (Å²) in [5, 5.41) is 10.2. The molecule has 2 aromatic rings. The van der Waals surface area contributed by atoms with Crippen molar-refractivity contribution >= 4 is 5.91 Å². The third kappa shape index (κ3) is 3.14. The van der Waals surface area contributed by atoms with E-state index >= 15 is 0 Å². The van der Waals surface area contributed by atoms with E-state index in [0.717, 1.165) is 5.69 Å². The lowest BCUT2D eigenvalue weighted by atomic mass is 10.0. The molecule has 2 atom stereocenters. The molecule has 6 nitrogen and oxygen atoms in total. The molecule has 1 saturated heterocycles. The van der Waals surface area contributed by atoms with E-state index in [2.05, 4.69) is 9.97 Å². The van der Waals surface area contributed by atoms with E-state index in [9.17, 15) is 18.7 Å². The molecule has 3 heterocycles. The summed E-state index contributed by atoms with van der Waals surface area (Å²) in [4.78, 5) is 22.1. The van der Waals surface area contributed by atoms with E-state index in [0.29, 0.717) is 23.2 Å². The number of carbonyl (C=O) groups excluding carboxylic acids is 1. The molecule has 1 aliphatic heterocycles. The lowest BCUT2D eigenvalue weighted by molar-refractivity contribution is 0.0558. The Bertz CT molecular complexity index is 720. The van der Waals surface area contributed by atoms with Crippen molar-refractivity contribution in [1.29, 1.82) is 0 Å². The summed E-state index contributed by atoms with van der Waals surface area (Å²) >= 11 is 0. The minimum atomic E-state index is -2.78. The number of aryl methyl sites for hydroxylation is 1. The van der Waals surface area contributed by atoms with Gasteiger partial charge in [0.15, 0.2) is 0 Å². The number of aliphatic hydroxyl groups excluding tert-OH is 1. The molecule has 0 saturated carbocycles. The van der Waals surface area contributed by atoms with E-state index in [-0.39, 0.29) is 18.2 Å². The van der Waals surface area contributed by atoms with Crippen molar-refractivity contribution in [3.8, 4) is 0 Å². The number of aromatic nitrogens is 3. The highest BCUT2D eigenvalue weighted by Crippen LogP contribution is 2.25. The van der Waals surface area contributed by atoms with Crippen LogP contribution in [-0.4, -0.2) is 49.6 Å². The fraction of sp³-hybridized carbons (Fsp3) is 0.438. The van der Waals surface area contributed by atoms with Crippen molar-refractivity contribution < 1.29 is 18.7 Å². The highest BCUT2D eigenvalue weighted by Gasteiger charge is 2.36. The van der Waals surface area contributed by atoms with Gasteiger partial charge in [0.05, 0.1) is 11.8 Å². The van der Waals surface area contributed by atoms with E-state index in [1.807, 2.05) is 0 Å². The van der Waals surface area contributed by atoms with Crippen LogP contribution in [0.25, 0.3) is 0 Å². The molecular weight excluding hydrogens is 318 g/mol. The van der Waals surface area contributed by atoms with Gasteiger partial charge in [-0.15, -0.1) is 0 Å². The maximum absolute atomic E-state index is 13.1. The number of halogens is 2. The van der Waals surface area contributed by atoms with E-state index in [1.165, 1.54) is 24.0 Å². The average Bonchev–Trinajstić information content (AvgIpc) is 3.11. The van der Waals surface area contributed by atoms with E-state index < -0.39 is 18.6 Å². The SMILES string of the molecule is Cc1ccc(C(=O)N2C[C@@H](Cc3cnccn3)[C@H](O)C2)n1C(F)F. The smallest absolute Gasteiger partial charge is 0.319 e. The third-order valence-corrected chi connectivity index (χ3v) is 4.32. The second kappa shape index (κ2) is 6.64. The van der Waals surface area contributed by atoms with Gasteiger partial charge in [0, 0.05) is 43.3 Å². The van der Waals surface area contributed by atoms with Gasteiger partial charge in [0.2, 0.25) is 0 Å². The Hall–Kier alpha value is -2.35. The summed E-state index contributed by atoms with van der Waals surface area (Å²) in [7, 11) is 0. The van der Waals surface area contributed by atoms with Crippen LogP contribution < -0.4 is 0 Å². The van der Waals surface area contributed by atoms with Gasteiger partial charge >= 0.3 is 6.55 Å². The minimum Gasteiger partial charge on any atom is -0.391 e. The van der Waals surface area contributed by atoms with Gasteiger partial charge in [-0.2, -0.15) is 8.78 Å². The van der Waals surface area contributed by atoms with Gasteiger partial charge in [-0.1, -0.05) is 0 Å². The van der Waals surface area contributed by atoms with Gasteiger partial charge in [0.25, 0.3) is 5.91 Å². The Morgan fingerprint density at radius 2 is 2.17 bits per heavy atom. The molecule has 1 N–H and O–H groups in total. The second-order valence-corrected chi connectivity index (χ2v) is 5.95. The Kier molecular flexibility index (Phi) is 4.57. The topological polar surface area (TPSA) is 71.2 Å². The number of carbonyl (C=O) groups is 1. The van der Waals surface area contributed by atoms with Crippen molar-refractivity contribution in [3.63, 3.8) is 0 Å². The molecule has 0 aromatic carbocycles. The van der Waals surface area contributed by atoms with Crippen molar-refractivity contribution in [2.75, 3.05) is 13.1 Å². The monoisotopic (exact) mass is 336 g/mol. The molecule has 1 aliphatic rings. The highest BCUT2D eigenvalue weighted by molar-refractivity contribution is 5.93. The van der Waals surface area contributed by atoms with Gasteiger partial charge in [-0.25, -0.2) is 0 Å². The predicted octanol–water partition coefficient (Wildman–Crippen LogP) is 1.66. The molecule has 8 heteroatoms. The average molecular weight is 336 g/mol. The standard InChI is InChI=1S/C16H18F2N4O2/c1-10-2-3-13(22(10)16(17)18)15(24)21-8-11(14(23)9-21)6-12-7-19-4-5-20-12/h2-5,7,11,14,16,23H,6,8-9H2,1H3/t11-,14-/m1/s1. The molecule has 0 spiro atoms. The zero-order chi connectivity index (χ0) is 17.3. The van der Waals surface area contributed by atoms with Crippen LogP contribution in [0.2, 0.25) is 0 Å². The Balaban J connectivity index is 1.74. The molecule has 128 valence electrons. The summed E-state index contributed by atoms with van der Waals surface area (Å²) < 4.78 is 27.0. The first-order chi connectivity index (χ1) is 11.5. The molecule has 0 radical (unpaired) electrons. The second-order valence-electron chi connectivity index (χ2n) is 5.95. The predicted molar refractivity (Wildman–Crippen MR) is 81.6 cm³/mol. The zero-order valence-corrected chi connectivity index (χ0v) is 13.1. The maximum Gasteiger partial charge on any atom is 0.319 e. The van der Waals surface area contributed by atoms with Crippen molar-refractivity contribution in [3.05, 3.63) is 47.8 Å². The van der Waals surface area contributed by atoms with Crippen LogP contribution in [-0.2, 0) is 6.42 Å². The zero-order valence-electron chi connectivity index (χ0n) is 13.1. The third-order valence-electron chi connectivity index (χ3n) is 4.32. The molecule has 1 amide bonds. The normalized spacial score (nSPS) is 20.8. The van der Waals surface area contributed by atoms with Gasteiger partial charge in [-0.3, -0.25) is 19.3 Å². The van der Waals surface area contributed by atoms with Gasteiger partial charge in [0.1, 0.15) is 5.69 Å². The number of amides is 1. The fourth-order valence-corrected chi connectivity index (χ4v) is 3.07. The summed E-state index contributed by atoms with van der Waals surface area (Å²) in [5.74, 6) is -0.689. The molecule has 0 aliphatic carbocycles. The van der Waals surface area contributed by atoms with E-state index in [4.69, 9.17) is 0 Å². The van der Waals surface area contributed by atoms with Crippen LogP contribution in [0.4, 0.5) is 8.78 Å². The van der Waals surface area contributed by atoms with Gasteiger partial charge < -0.3 is 10.0 Å². The van der Waals surface area contributed by atoms with Crippen molar-refractivity contribution in [2.24, 2.45) is 5.92 Å². The molecule has 0 unspecified atom stereocenters. The summed E-state index contributed by atoms with van der Waals surface area (Å²) in [6, 6.07) is 2.88. The molecular formula is C16H18F2N4O2. The Morgan fingerprint density at radius 3 is 2.83 bits per heavy atom. The lowest BCUT2D eigenvalue weighted by Crippen LogP contribution is -2.31. The van der Waals surface area contributed by atoms with Crippen LogP contribution >= 0.6 is 0 Å². The van der Waals surface area contributed by atoms with Gasteiger partial charge in [-0.05, 0) is 25.5 Å². The first-order valence-corrected chi connectivity index (χ1v) is 7.65. The number of nitrogens with zero attached hydrogens (tertiary/aromatic N) is 4. The number of hydrogen-bond acceptors (Lipinski definition) is 4. The van der Waals surface area contributed by atoms with Crippen LogP contribution in [0.15, 0.2) is 30.7 Å². The number of likely N-dealkylation sites (tertiary alicyclic amines) is 1. The largest absolute Gasteiger partial charge is 0.391 e. The number of aliphatic hydroxyl groups is 1. The van der Waals surface area contributed by atoms with Crippen LogP contribution in [0.3, 0.4) is 0 Å². The molecule has 3 rings (SSSR count). The molecule has 1 fully saturated rings. The highest BCUT2D eigenvalue weighted by atomic mass is 19.3. The van der Waals surface area contributed by atoms with Crippen molar-refractivity contribution in [2.45, 2.75) is 26.0 Å². The van der Waals surface area contributed by atoms with Crippen LogP contribution in [0, 0.1) is 12.8 Å². The maximum atomic E-state index is 13.1. The number of β-amino-alcohol motifs (C(OH)–C–C–N with tert-alkyl or cyclic N) is 1. The number of alkyl halides is 2. The molecule has 0 bridgehead atoms. The summed E-state index contributed by atoms with van der Waals surface area (Å²) in [6.45, 7) is -0.832. The quantitative estimate of drug-likeness (QED) is 0.922. The lowest BCUT2D eigenvalue weighted by Gasteiger charge is -2.18. The Labute approximate surface area is 137 Å². The van der Waals surface area contributed by atoms with Crippen LogP contribution in [0.1, 0.15) is 28.4 Å². The van der Waals surface area contributed by atoms with Crippen molar-refractivity contribution in [1.82, 2.24) is 19.4 Å². The summed E-state index contributed by atoms with van der Waals surface area (Å²) in [5.41, 5.74) is 0.988. The van der Waals surface area contributed by atoms with Crippen LogP contribution in [0.5, 0.6) is 0 Å².